The van der Waals surface area contributed by atoms with E-state index >= 15 is 0 Å². The smallest absolute Gasteiger partial charge is 0.143 e. The Labute approximate surface area is 98.9 Å². The van der Waals surface area contributed by atoms with Gasteiger partial charge in [-0.3, -0.25) is 0 Å². The topological polar surface area (TPSA) is 27.1 Å². The van der Waals surface area contributed by atoms with Crippen LogP contribution in [0.1, 0.15) is 0 Å². The van der Waals surface area contributed by atoms with Gasteiger partial charge in [0.25, 0.3) is 0 Å². The highest BCUT2D eigenvalue weighted by Gasteiger charge is 2.04. The average Bonchev–Trinajstić information content (AvgIpc) is 2.80. The molecule has 1 aromatic carbocycles. The summed E-state index contributed by atoms with van der Waals surface area (Å²) in [7, 11) is 0. The molecule has 0 radical (unpaired) electrons. The number of hydrogen-bond acceptors (Lipinski definition) is 2. The number of imidazole rings is 1. The lowest BCUT2D eigenvalue weighted by atomic mass is 10.3. The molecule has 0 atom stereocenters. The number of rotatable bonds is 4. The van der Waals surface area contributed by atoms with Crippen molar-refractivity contribution in [1.29, 1.82) is 0 Å². The van der Waals surface area contributed by atoms with Crippen LogP contribution in [0.2, 0.25) is 0 Å². The van der Waals surface area contributed by atoms with Gasteiger partial charge in [0, 0.05) is 17.4 Å². The molecule has 2 rings (SSSR count). The van der Waals surface area contributed by atoms with Crippen molar-refractivity contribution in [1.82, 2.24) is 9.55 Å². The summed E-state index contributed by atoms with van der Waals surface area (Å²) in [4.78, 5) is 4.00. The van der Waals surface area contributed by atoms with Gasteiger partial charge in [-0.1, -0.05) is 30.3 Å². The van der Waals surface area contributed by atoms with Crippen LogP contribution >= 0.6 is 11.6 Å². The fourth-order valence-electron chi connectivity index (χ4n) is 1.35. The van der Waals surface area contributed by atoms with Crippen LogP contribution in [0.25, 0.3) is 5.69 Å². The van der Waals surface area contributed by atoms with E-state index in [1.807, 2.05) is 35.0 Å². The van der Waals surface area contributed by atoms with Crippen LogP contribution in [0.3, 0.4) is 0 Å². The molecule has 4 heteroatoms. The average molecular weight is 235 g/mol. The lowest BCUT2D eigenvalue weighted by Gasteiger charge is -2.10. The molecule has 0 bridgehead atoms. The van der Waals surface area contributed by atoms with Crippen molar-refractivity contribution in [2.75, 3.05) is 6.61 Å². The van der Waals surface area contributed by atoms with Gasteiger partial charge >= 0.3 is 0 Å². The molecule has 1 heterocycles. The second kappa shape index (κ2) is 4.86. The molecular formula is C12H11ClN2O. The van der Waals surface area contributed by atoms with E-state index in [-0.39, 0.29) is 0 Å². The first-order valence-electron chi connectivity index (χ1n) is 4.81. The summed E-state index contributed by atoms with van der Waals surface area (Å²) in [5.74, 6) is 0.752. The highest BCUT2D eigenvalue weighted by atomic mass is 35.5. The quantitative estimate of drug-likeness (QED) is 0.813. The van der Waals surface area contributed by atoms with E-state index in [9.17, 15) is 0 Å². The maximum atomic E-state index is 5.67. The fourth-order valence-corrected chi connectivity index (χ4v) is 1.40. The largest absolute Gasteiger partial charge is 0.486 e. The normalized spacial score (nSPS) is 10.1. The van der Waals surface area contributed by atoms with E-state index in [4.69, 9.17) is 16.3 Å². The van der Waals surface area contributed by atoms with E-state index < -0.39 is 0 Å². The maximum Gasteiger partial charge on any atom is 0.143 e. The van der Waals surface area contributed by atoms with Gasteiger partial charge in [0.05, 0.1) is 12.0 Å². The Morgan fingerprint density at radius 1 is 1.44 bits per heavy atom. The van der Waals surface area contributed by atoms with Gasteiger partial charge in [-0.05, 0) is 12.1 Å². The number of aromatic nitrogens is 2. The van der Waals surface area contributed by atoms with Crippen molar-refractivity contribution < 1.29 is 4.74 Å². The summed E-state index contributed by atoms with van der Waals surface area (Å²) >= 11 is 5.67. The molecule has 3 nitrogen and oxygen atoms in total. The predicted octanol–water partition coefficient (Wildman–Crippen LogP) is 3.00. The molecule has 0 aliphatic rings. The van der Waals surface area contributed by atoms with Crippen LogP contribution in [-0.2, 0) is 0 Å². The maximum absolute atomic E-state index is 5.67. The first kappa shape index (κ1) is 10.8. The van der Waals surface area contributed by atoms with Crippen molar-refractivity contribution in [3.05, 3.63) is 54.6 Å². The number of nitrogens with zero attached hydrogens (tertiary/aromatic N) is 2. The van der Waals surface area contributed by atoms with Crippen molar-refractivity contribution >= 4 is 11.6 Å². The third kappa shape index (κ3) is 2.44. The van der Waals surface area contributed by atoms with Crippen LogP contribution in [0, 0.1) is 0 Å². The zero-order valence-corrected chi connectivity index (χ0v) is 9.39. The molecule has 2 aromatic rings. The summed E-state index contributed by atoms with van der Waals surface area (Å²) in [6.07, 6.45) is 5.30. The Balaban J connectivity index is 2.27. The fraction of sp³-hybridized carbons (Fsp3) is 0.0833. The minimum Gasteiger partial charge on any atom is -0.486 e. The van der Waals surface area contributed by atoms with Crippen LogP contribution < -0.4 is 4.74 Å². The Hall–Kier alpha value is -1.74. The molecule has 0 spiro atoms. The first-order valence-corrected chi connectivity index (χ1v) is 5.18. The number of para-hydroxylation sites is 2. The first-order chi connectivity index (χ1) is 7.77. The number of halogens is 1. The van der Waals surface area contributed by atoms with Gasteiger partial charge in [-0.15, -0.1) is 0 Å². The molecule has 1 aromatic heterocycles. The van der Waals surface area contributed by atoms with Crippen LogP contribution in [-0.4, -0.2) is 16.2 Å². The lowest BCUT2D eigenvalue weighted by Crippen LogP contribution is -2.00. The highest BCUT2D eigenvalue weighted by molar-refractivity contribution is 6.29. The van der Waals surface area contributed by atoms with Crippen molar-refractivity contribution in [3.63, 3.8) is 0 Å². The molecule has 0 unspecified atom stereocenters. The standard InChI is InChI=1S/C12H11ClN2O/c1-10(13)8-16-12-5-3-2-4-11(12)15-7-6-14-9-15/h2-7,9H,1,8H2. The molecule has 0 saturated carbocycles. The van der Waals surface area contributed by atoms with E-state index in [1.165, 1.54) is 0 Å². The van der Waals surface area contributed by atoms with Gasteiger partial charge < -0.3 is 9.30 Å². The van der Waals surface area contributed by atoms with Gasteiger partial charge in [0.2, 0.25) is 0 Å². The van der Waals surface area contributed by atoms with E-state index in [1.54, 1.807) is 12.5 Å². The van der Waals surface area contributed by atoms with Crippen LogP contribution in [0.5, 0.6) is 5.75 Å². The number of ether oxygens (including phenoxy) is 1. The molecule has 0 fully saturated rings. The summed E-state index contributed by atoms with van der Waals surface area (Å²) < 4.78 is 7.42. The van der Waals surface area contributed by atoms with Gasteiger partial charge in [-0.2, -0.15) is 0 Å². The summed E-state index contributed by atoms with van der Waals surface area (Å²) in [5.41, 5.74) is 0.929. The van der Waals surface area contributed by atoms with Crippen molar-refractivity contribution in [2.45, 2.75) is 0 Å². The minimum absolute atomic E-state index is 0.299. The SMILES string of the molecule is C=C(Cl)COc1ccccc1-n1ccnc1. The van der Waals surface area contributed by atoms with Crippen molar-refractivity contribution in [2.24, 2.45) is 0 Å². The third-order valence-corrected chi connectivity index (χ3v) is 2.14. The minimum atomic E-state index is 0.299. The molecule has 0 aliphatic heterocycles. The van der Waals surface area contributed by atoms with Crippen LogP contribution in [0.4, 0.5) is 0 Å². The summed E-state index contributed by atoms with van der Waals surface area (Å²) in [5, 5.41) is 0.473. The Bertz CT molecular complexity index is 480. The summed E-state index contributed by atoms with van der Waals surface area (Å²) in [6.45, 7) is 3.88. The molecule has 0 aliphatic carbocycles. The van der Waals surface area contributed by atoms with Gasteiger partial charge in [0.1, 0.15) is 12.4 Å². The van der Waals surface area contributed by atoms with Gasteiger partial charge in [-0.25, -0.2) is 4.98 Å². The predicted molar refractivity (Wildman–Crippen MR) is 64.1 cm³/mol. The Morgan fingerprint density at radius 3 is 2.94 bits per heavy atom. The van der Waals surface area contributed by atoms with E-state index in [0.29, 0.717) is 11.6 Å². The van der Waals surface area contributed by atoms with E-state index in [0.717, 1.165) is 11.4 Å². The van der Waals surface area contributed by atoms with E-state index in [2.05, 4.69) is 11.6 Å². The van der Waals surface area contributed by atoms with Crippen LogP contribution in [0.15, 0.2) is 54.6 Å². The number of benzene rings is 1. The van der Waals surface area contributed by atoms with Gasteiger partial charge in [0.15, 0.2) is 0 Å². The summed E-state index contributed by atoms with van der Waals surface area (Å²) in [6, 6.07) is 7.69. The molecular weight excluding hydrogens is 224 g/mol. The zero-order chi connectivity index (χ0) is 11.4. The molecule has 0 saturated heterocycles. The van der Waals surface area contributed by atoms with Crippen molar-refractivity contribution in [3.8, 4) is 11.4 Å². The second-order valence-corrected chi connectivity index (χ2v) is 3.78. The molecule has 0 amide bonds. The monoisotopic (exact) mass is 234 g/mol. The Morgan fingerprint density at radius 2 is 2.25 bits per heavy atom. The zero-order valence-electron chi connectivity index (χ0n) is 8.64. The number of hydrogen-bond donors (Lipinski definition) is 0. The Kier molecular flexibility index (Phi) is 3.27. The lowest BCUT2D eigenvalue weighted by molar-refractivity contribution is 0.358. The molecule has 16 heavy (non-hydrogen) atoms. The highest BCUT2D eigenvalue weighted by Crippen LogP contribution is 2.22. The molecule has 0 N–H and O–H groups in total. The second-order valence-electron chi connectivity index (χ2n) is 3.24. The molecule has 82 valence electrons. The third-order valence-electron chi connectivity index (χ3n) is 2.03.